The Morgan fingerprint density at radius 2 is 2.18 bits per heavy atom. The van der Waals surface area contributed by atoms with E-state index in [9.17, 15) is 0 Å². The fraction of sp³-hybridized carbons (Fsp3) is 0.273. The first-order valence-corrected chi connectivity index (χ1v) is 6.16. The second-order valence-corrected chi connectivity index (χ2v) is 4.49. The van der Waals surface area contributed by atoms with E-state index in [-0.39, 0.29) is 6.04 Å². The summed E-state index contributed by atoms with van der Waals surface area (Å²) in [6, 6.07) is 7.74. The number of nitrogens with two attached hydrogens (primary N) is 1. The van der Waals surface area contributed by atoms with Crippen LogP contribution < -0.4 is 10.5 Å². The maximum absolute atomic E-state index is 6.08. The van der Waals surface area contributed by atoms with Gasteiger partial charge in [-0.25, -0.2) is 4.98 Å². The van der Waals surface area contributed by atoms with Crippen molar-refractivity contribution in [2.75, 3.05) is 12.9 Å². The Hall–Kier alpha value is -1.53. The number of hydrogen-bond donors (Lipinski definition) is 2. The molecule has 0 aliphatic rings. The molecule has 2 aromatic rings. The smallest absolute Gasteiger partial charge is 0.183 e. The molecule has 0 saturated carbocycles. The molecule has 0 aliphatic carbocycles. The lowest BCUT2D eigenvalue weighted by Crippen LogP contribution is -2.12. The third-order valence-corrected chi connectivity index (χ3v) is 3.33. The summed E-state index contributed by atoms with van der Waals surface area (Å²) >= 11 is 1.55. The van der Waals surface area contributed by atoms with Crippen molar-refractivity contribution in [2.24, 2.45) is 5.73 Å². The molecule has 3 N–H and O–H groups in total. The quantitative estimate of drug-likeness (QED) is 0.788. The first-order chi connectivity index (χ1) is 8.29. The van der Waals surface area contributed by atoms with Crippen LogP contribution in [0.5, 0.6) is 5.75 Å². The molecule has 0 saturated heterocycles. The van der Waals surface area contributed by atoms with Crippen molar-refractivity contribution in [3.05, 3.63) is 36.2 Å². The van der Waals surface area contributed by atoms with Crippen molar-refractivity contribution >= 4 is 11.8 Å². The molecule has 2 rings (SSSR count). The monoisotopic (exact) mass is 250 g/mol. The first kappa shape index (κ1) is 11.9. The number of H-pyrrole nitrogens is 1. The molecule has 1 aromatic carbocycles. The molecular weight excluding hydrogens is 236 g/mol. The molecule has 5 nitrogen and oxygen atoms in total. The molecule has 1 unspecified atom stereocenters. The van der Waals surface area contributed by atoms with Crippen molar-refractivity contribution < 1.29 is 4.74 Å². The summed E-state index contributed by atoms with van der Waals surface area (Å²) in [5.74, 6) is 1.59. The molecule has 0 fully saturated rings. The maximum Gasteiger partial charge on any atom is 0.183 e. The van der Waals surface area contributed by atoms with Crippen LogP contribution in [0.1, 0.15) is 11.6 Å². The summed E-state index contributed by atoms with van der Waals surface area (Å²) in [5.41, 5.74) is 7.16. The molecule has 6 heteroatoms. The number of aromatic nitrogens is 3. The fourth-order valence-corrected chi connectivity index (χ4v) is 2.15. The molecule has 17 heavy (non-hydrogen) atoms. The van der Waals surface area contributed by atoms with Gasteiger partial charge >= 0.3 is 0 Å². The highest BCUT2D eigenvalue weighted by molar-refractivity contribution is 7.99. The highest BCUT2D eigenvalue weighted by atomic mass is 32.2. The van der Waals surface area contributed by atoms with Crippen molar-refractivity contribution in [3.63, 3.8) is 0 Å². The summed E-state index contributed by atoms with van der Waals surface area (Å²) in [5, 5.41) is 7.36. The summed E-state index contributed by atoms with van der Waals surface area (Å²) in [4.78, 5) is 4.03. The average Bonchev–Trinajstić information content (AvgIpc) is 2.89. The maximum atomic E-state index is 6.08. The van der Waals surface area contributed by atoms with E-state index in [0.717, 1.165) is 22.2 Å². The van der Waals surface area contributed by atoms with Crippen LogP contribution in [-0.2, 0) is 0 Å². The second kappa shape index (κ2) is 5.70. The third-order valence-electron chi connectivity index (χ3n) is 2.34. The second-order valence-electron chi connectivity index (χ2n) is 3.48. The van der Waals surface area contributed by atoms with Crippen LogP contribution in [0.4, 0.5) is 0 Å². The molecule has 0 radical (unpaired) electrons. The summed E-state index contributed by atoms with van der Waals surface area (Å²) in [6.45, 7) is 0. The lowest BCUT2D eigenvalue weighted by molar-refractivity contribution is 0.414. The van der Waals surface area contributed by atoms with Gasteiger partial charge in [-0.05, 0) is 17.7 Å². The molecule has 0 spiro atoms. The zero-order chi connectivity index (χ0) is 12.1. The molecule has 0 aliphatic heterocycles. The van der Waals surface area contributed by atoms with Gasteiger partial charge in [0.15, 0.2) is 5.16 Å². The van der Waals surface area contributed by atoms with Gasteiger partial charge in [0.1, 0.15) is 12.1 Å². The van der Waals surface area contributed by atoms with Gasteiger partial charge in [-0.2, -0.15) is 5.10 Å². The van der Waals surface area contributed by atoms with Crippen LogP contribution in [-0.4, -0.2) is 28.0 Å². The average molecular weight is 250 g/mol. The van der Waals surface area contributed by atoms with E-state index in [2.05, 4.69) is 15.2 Å². The van der Waals surface area contributed by atoms with Crippen LogP contribution in [0.15, 0.2) is 35.7 Å². The Kier molecular flexibility index (Phi) is 4.00. The SMILES string of the molecule is COc1ccc(C(N)CSc2ncn[nH]2)cc1. The minimum Gasteiger partial charge on any atom is -0.497 e. The van der Waals surface area contributed by atoms with E-state index in [4.69, 9.17) is 10.5 Å². The summed E-state index contributed by atoms with van der Waals surface area (Å²) < 4.78 is 5.10. The molecule has 1 atom stereocenters. The predicted molar refractivity (Wildman–Crippen MR) is 67.0 cm³/mol. The molecular formula is C11H14N4OS. The Morgan fingerprint density at radius 1 is 1.41 bits per heavy atom. The Morgan fingerprint density at radius 3 is 2.76 bits per heavy atom. The number of nitrogens with zero attached hydrogens (tertiary/aromatic N) is 2. The van der Waals surface area contributed by atoms with E-state index < -0.39 is 0 Å². The van der Waals surface area contributed by atoms with Gasteiger partial charge in [0.2, 0.25) is 0 Å². The number of hydrogen-bond acceptors (Lipinski definition) is 5. The molecule has 1 aromatic heterocycles. The van der Waals surface area contributed by atoms with Gasteiger partial charge in [-0.3, -0.25) is 5.10 Å². The van der Waals surface area contributed by atoms with E-state index in [0.29, 0.717) is 0 Å². The number of aromatic amines is 1. The van der Waals surface area contributed by atoms with Crippen LogP contribution >= 0.6 is 11.8 Å². The van der Waals surface area contributed by atoms with Gasteiger partial charge in [0.05, 0.1) is 7.11 Å². The van der Waals surface area contributed by atoms with E-state index in [1.165, 1.54) is 6.33 Å². The van der Waals surface area contributed by atoms with E-state index in [1.54, 1.807) is 18.9 Å². The van der Waals surface area contributed by atoms with E-state index in [1.807, 2.05) is 24.3 Å². The number of nitrogens with one attached hydrogen (secondary N) is 1. The topological polar surface area (TPSA) is 76.8 Å². The Labute approximate surface area is 104 Å². The predicted octanol–water partition coefficient (Wildman–Crippen LogP) is 1.61. The number of benzene rings is 1. The van der Waals surface area contributed by atoms with Crippen LogP contribution in [0.3, 0.4) is 0 Å². The molecule has 0 bridgehead atoms. The fourth-order valence-electron chi connectivity index (χ4n) is 1.38. The minimum absolute atomic E-state index is 0.0315. The van der Waals surface area contributed by atoms with Crippen molar-refractivity contribution in [1.82, 2.24) is 15.2 Å². The highest BCUT2D eigenvalue weighted by Crippen LogP contribution is 2.21. The van der Waals surface area contributed by atoms with Crippen LogP contribution in [0, 0.1) is 0 Å². The Bertz CT molecular complexity index is 443. The highest BCUT2D eigenvalue weighted by Gasteiger charge is 2.07. The lowest BCUT2D eigenvalue weighted by Gasteiger charge is -2.11. The van der Waals surface area contributed by atoms with E-state index >= 15 is 0 Å². The lowest BCUT2D eigenvalue weighted by atomic mass is 10.1. The largest absolute Gasteiger partial charge is 0.497 e. The number of ether oxygens (including phenoxy) is 1. The summed E-state index contributed by atoms with van der Waals surface area (Å²) in [7, 11) is 1.65. The zero-order valence-corrected chi connectivity index (χ0v) is 10.3. The van der Waals surface area contributed by atoms with Crippen LogP contribution in [0.25, 0.3) is 0 Å². The minimum atomic E-state index is -0.0315. The molecule has 90 valence electrons. The number of methoxy groups -OCH3 is 1. The zero-order valence-electron chi connectivity index (χ0n) is 9.46. The normalized spacial score (nSPS) is 12.4. The van der Waals surface area contributed by atoms with Gasteiger partial charge < -0.3 is 10.5 Å². The molecule has 0 amide bonds. The number of thioether (sulfide) groups is 1. The van der Waals surface area contributed by atoms with Gasteiger partial charge in [0.25, 0.3) is 0 Å². The van der Waals surface area contributed by atoms with Gasteiger partial charge in [-0.1, -0.05) is 23.9 Å². The van der Waals surface area contributed by atoms with Gasteiger partial charge in [-0.15, -0.1) is 0 Å². The first-order valence-electron chi connectivity index (χ1n) is 5.17. The van der Waals surface area contributed by atoms with Gasteiger partial charge in [0, 0.05) is 11.8 Å². The Balaban J connectivity index is 1.92. The van der Waals surface area contributed by atoms with Crippen LogP contribution in [0.2, 0.25) is 0 Å². The number of rotatable bonds is 5. The van der Waals surface area contributed by atoms with Crippen molar-refractivity contribution in [1.29, 1.82) is 0 Å². The summed E-state index contributed by atoms with van der Waals surface area (Å²) in [6.07, 6.45) is 1.49. The molecule has 1 heterocycles. The van der Waals surface area contributed by atoms with Crippen molar-refractivity contribution in [2.45, 2.75) is 11.2 Å². The van der Waals surface area contributed by atoms with Crippen molar-refractivity contribution in [3.8, 4) is 5.75 Å². The third kappa shape index (κ3) is 3.21. The standard InChI is InChI=1S/C11H14N4OS/c1-16-9-4-2-8(3-5-9)10(12)6-17-11-13-7-14-15-11/h2-5,7,10H,6,12H2,1H3,(H,13,14,15).